The Kier molecular flexibility index (Phi) is 8.39. The van der Waals surface area contributed by atoms with Crippen LogP contribution in [0.2, 0.25) is 0 Å². The van der Waals surface area contributed by atoms with Crippen LogP contribution in [0, 0.1) is 35.0 Å². The maximum Gasteiger partial charge on any atom is 0.306 e. The normalized spacial score (nSPS) is 37.7. The van der Waals surface area contributed by atoms with E-state index in [9.17, 15) is 9.59 Å². The van der Waals surface area contributed by atoms with Gasteiger partial charge < -0.3 is 4.74 Å². The first kappa shape index (κ1) is 25.0. The number of carbonyl (C=O) groups is 2. The molecule has 1 unspecified atom stereocenters. The van der Waals surface area contributed by atoms with Gasteiger partial charge in [-0.2, -0.15) is 0 Å². The molecule has 33 heavy (non-hydrogen) atoms. The quantitative estimate of drug-likeness (QED) is 0.249. The Morgan fingerprint density at radius 1 is 1.03 bits per heavy atom. The molecule has 186 valence electrons. The molecule has 0 spiro atoms. The summed E-state index contributed by atoms with van der Waals surface area (Å²) in [5.74, 6) is 3.80. The van der Waals surface area contributed by atoms with Crippen molar-refractivity contribution in [1.82, 2.24) is 0 Å². The Balaban J connectivity index is 1.27. The average Bonchev–Trinajstić information content (AvgIpc) is 3.11. The number of esters is 1. The number of ketones is 1. The second-order valence-corrected chi connectivity index (χ2v) is 12.2. The van der Waals surface area contributed by atoms with Crippen molar-refractivity contribution in [2.75, 3.05) is 0 Å². The number of hydrogen-bond acceptors (Lipinski definition) is 3. The molecule has 3 saturated carbocycles. The highest BCUT2D eigenvalue weighted by Crippen LogP contribution is 2.63. The van der Waals surface area contributed by atoms with Gasteiger partial charge in [0.25, 0.3) is 0 Å². The van der Waals surface area contributed by atoms with E-state index >= 15 is 0 Å². The third-order valence-electron chi connectivity index (χ3n) is 10.1. The van der Waals surface area contributed by atoms with Gasteiger partial charge in [-0.15, -0.1) is 0 Å². The highest BCUT2D eigenvalue weighted by Gasteiger charge is 2.58. The van der Waals surface area contributed by atoms with Gasteiger partial charge >= 0.3 is 5.97 Å². The molecule has 4 rings (SSSR count). The molecule has 0 saturated heterocycles. The molecule has 0 aliphatic heterocycles. The van der Waals surface area contributed by atoms with Gasteiger partial charge in [0, 0.05) is 18.3 Å². The summed E-state index contributed by atoms with van der Waals surface area (Å²) in [6.45, 7) is 7.10. The SMILES string of the molecule is CCCCCCCCCCC(=O)O[C@H]1CC[C@H]2[C@@H]3C(C)CC4=CC(=O)CC[C@@H]4[C@H]3CC[C@]12C. The Bertz CT molecular complexity index is 724. The van der Waals surface area contributed by atoms with Gasteiger partial charge in [0.2, 0.25) is 0 Å². The van der Waals surface area contributed by atoms with E-state index in [2.05, 4.69) is 20.8 Å². The van der Waals surface area contributed by atoms with Gasteiger partial charge in [0.05, 0.1) is 0 Å². The lowest BCUT2D eigenvalue weighted by atomic mass is 9.49. The minimum absolute atomic E-state index is 0.0442. The second-order valence-electron chi connectivity index (χ2n) is 12.2. The van der Waals surface area contributed by atoms with Crippen LogP contribution in [0.4, 0.5) is 0 Å². The largest absolute Gasteiger partial charge is 0.462 e. The molecule has 3 fully saturated rings. The number of allylic oxidation sites excluding steroid dienone is 1. The Hall–Kier alpha value is -1.12. The van der Waals surface area contributed by atoms with Crippen molar-refractivity contribution in [1.29, 1.82) is 0 Å². The van der Waals surface area contributed by atoms with Crippen molar-refractivity contribution >= 4 is 11.8 Å². The minimum Gasteiger partial charge on any atom is -0.462 e. The van der Waals surface area contributed by atoms with Gasteiger partial charge in [-0.25, -0.2) is 0 Å². The molecule has 4 aliphatic carbocycles. The van der Waals surface area contributed by atoms with Crippen molar-refractivity contribution in [3.63, 3.8) is 0 Å². The van der Waals surface area contributed by atoms with Crippen molar-refractivity contribution in [2.45, 2.75) is 130 Å². The summed E-state index contributed by atoms with van der Waals surface area (Å²) in [5.41, 5.74) is 1.60. The smallest absolute Gasteiger partial charge is 0.306 e. The first-order chi connectivity index (χ1) is 15.9. The zero-order valence-corrected chi connectivity index (χ0v) is 21.6. The van der Waals surface area contributed by atoms with Gasteiger partial charge in [-0.1, -0.05) is 71.3 Å². The van der Waals surface area contributed by atoms with E-state index in [-0.39, 0.29) is 17.5 Å². The zero-order chi connectivity index (χ0) is 23.4. The maximum absolute atomic E-state index is 12.7. The molecule has 0 N–H and O–H groups in total. The highest BCUT2D eigenvalue weighted by molar-refractivity contribution is 5.91. The number of fused-ring (bicyclic) bond motifs is 5. The Labute approximate surface area is 202 Å². The van der Waals surface area contributed by atoms with Crippen LogP contribution in [-0.2, 0) is 14.3 Å². The fourth-order valence-electron chi connectivity index (χ4n) is 8.35. The predicted molar refractivity (Wildman–Crippen MR) is 134 cm³/mol. The van der Waals surface area contributed by atoms with Crippen molar-refractivity contribution < 1.29 is 14.3 Å². The molecule has 4 aliphatic rings. The van der Waals surface area contributed by atoms with E-state index in [4.69, 9.17) is 4.74 Å². The topological polar surface area (TPSA) is 43.4 Å². The molecular formula is C30H48O3. The van der Waals surface area contributed by atoms with Crippen LogP contribution in [0.1, 0.15) is 124 Å². The van der Waals surface area contributed by atoms with E-state index in [0.717, 1.165) is 50.4 Å². The van der Waals surface area contributed by atoms with Gasteiger partial charge in [-0.3, -0.25) is 9.59 Å². The molecular weight excluding hydrogens is 408 g/mol. The molecule has 3 heteroatoms. The highest BCUT2D eigenvalue weighted by atomic mass is 16.5. The molecule has 0 radical (unpaired) electrons. The van der Waals surface area contributed by atoms with Crippen LogP contribution < -0.4 is 0 Å². The van der Waals surface area contributed by atoms with Crippen molar-refractivity contribution in [2.24, 2.45) is 35.0 Å². The Morgan fingerprint density at radius 3 is 2.52 bits per heavy atom. The summed E-state index contributed by atoms with van der Waals surface area (Å²) >= 11 is 0. The molecule has 0 amide bonds. The minimum atomic E-state index is 0.0442. The molecule has 7 atom stereocenters. The molecule has 0 aromatic carbocycles. The number of carbonyl (C=O) groups excluding carboxylic acids is 2. The van der Waals surface area contributed by atoms with E-state index in [1.807, 2.05) is 6.08 Å². The number of rotatable bonds is 10. The molecule has 0 bridgehead atoms. The third kappa shape index (κ3) is 5.43. The van der Waals surface area contributed by atoms with E-state index in [1.165, 1.54) is 63.4 Å². The molecule has 0 heterocycles. The van der Waals surface area contributed by atoms with Crippen LogP contribution in [0.25, 0.3) is 0 Å². The first-order valence-electron chi connectivity index (χ1n) is 14.4. The lowest BCUT2D eigenvalue weighted by molar-refractivity contribution is -0.159. The monoisotopic (exact) mass is 456 g/mol. The molecule has 0 aromatic rings. The summed E-state index contributed by atoms with van der Waals surface area (Å²) in [5, 5.41) is 0. The molecule has 0 aromatic heterocycles. The number of ether oxygens (including phenoxy) is 1. The van der Waals surface area contributed by atoms with Crippen molar-refractivity contribution in [3.8, 4) is 0 Å². The summed E-state index contributed by atoms with van der Waals surface area (Å²) in [4.78, 5) is 24.7. The number of unbranched alkanes of at least 4 members (excludes halogenated alkanes) is 7. The maximum atomic E-state index is 12.7. The Morgan fingerprint density at radius 2 is 1.76 bits per heavy atom. The van der Waals surface area contributed by atoms with Gasteiger partial charge in [0.15, 0.2) is 5.78 Å². The second kappa shape index (κ2) is 11.1. The summed E-state index contributed by atoms with van der Waals surface area (Å²) in [6, 6.07) is 0. The zero-order valence-electron chi connectivity index (χ0n) is 21.6. The van der Waals surface area contributed by atoms with Gasteiger partial charge in [0.1, 0.15) is 6.10 Å². The van der Waals surface area contributed by atoms with Crippen molar-refractivity contribution in [3.05, 3.63) is 11.6 Å². The summed E-state index contributed by atoms with van der Waals surface area (Å²) in [6.07, 6.45) is 20.4. The third-order valence-corrected chi connectivity index (χ3v) is 10.1. The summed E-state index contributed by atoms with van der Waals surface area (Å²) < 4.78 is 6.18. The van der Waals surface area contributed by atoms with Crippen LogP contribution in [-0.4, -0.2) is 17.9 Å². The fraction of sp³-hybridized carbons (Fsp3) is 0.867. The van der Waals surface area contributed by atoms with E-state index in [0.29, 0.717) is 30.0 Å². The van der Waals surface area contributed by atoms with Crippen LogP contribution >= 0.6 is 0 Å². The first-order valence-corrected chi connectivity index (χ1v) is 14.4. The average molecular weight is 457 g/mol. The van der Waals surface area contributed by atoms with E-state index < -0.39 is 0 Å². The van der Waals surface area contributed by atoms with Crippen LogP contribution in [0.15, 0.2) is 11.6 Å². The van der Waals surface area contributed by atoms with Gasteiger partial charge in [-0.05, 0) is 80.6 Å². The van der Waals surface area contributed by atoms with E-state index in [1.54, 1.807) is 0 Å². The molecule has 3 nitrogen and oxygen atoms in total. The van der Waals surface area contributed by atoms with Crippen LogP contribution in [0.5, 0.6) is 0 Å². The standard InChI is InChI=1S/C30H48O3/c1-4-5-6-7-8-9-10-11-12-28(32)33-27-16-15-26-29-21(2)19-22-20-23(31)13-14-24(22)25(29)17-18-30(26,27)3/h20-21,24-27,29H,4-19H2,1-3H3/t21?,24-,25+,26-,27-,29+,30-/m0/s1. The summed E-state index contributed by atoms with van der Waals surface area (Å²) in [7, 11) is 0. The lowest BCUT2D eigenvalue weighted by Crippen LogP contribution is -2.50. The van der Waals surface area contributed by atoms with Crippen LogP contribution in [0.3, 0.4) is 0 Å². The fourth-order valence-corrected chi connectivity index (χ4v) is 8.35. The number of hydrogen-bond donors (Lipinski definition) is 0. The lowest BCUT2D eigenvalue weighted by Gasteiger charge is -2.55. The predicted octanol–water partition coefficient (Wildman–Crippen LogP) is 7.82.